The number of hydrogen-bond donors (Lipinski definition) is 0. The van der Waals surface area contributed by atoms with Gasteiger partial charge in [0.1, 0.15) is 11.6 Å². The van der Waals surface area contributed by atoms with Gasteiger partial charge in [0.05, 0.1) is 11.2 Å². The topological polar surface area (TPSA) is 45.7 Å². The molecule has 1 aromatic carbocycles. The molecule has 4 heterocycles. The Hall–Kier alpha value is -1.99. The number of nitrogens with zero attached hydrogens (tertiary/aromatic N) is 3. The first kappa shape index (κ1) is 17.4. The van der Waals surface area contributed by atoms with Crippen molar-refractivity contribution in [2.45, 2.75) is 25.4 Å². The molecule has 138 valence electrons. The van der Waals surface area contributed by atoms with Crippen LogP contribution in [0.1, 0.15) is 18.5 Å². The molecular weight excluding hydrogens is 353 g/mol. The van der Waals surface area contributed by atoms with Gasteiger partial charge in [-0.2, -0.15) is 0 Å². The maximum Gasteiger partial charge on any atom is 0.260 e. The Labute approximate surface area is 156 Å². The van der Waals surface area contributed by atoms with E-state index in [1.54, 1.807) is 23.5 Å². The molecule has 2 bridgehead atoms. The van der Waals surface area contributed by atoms with Crippen LogP contribution in [-0.4, -0.2) is 53.0 Å². The number of thiazole rings is 1. The minimum Gasteiger partial charge on any atom is -0.484 e. The lowest BCUT2D eigenvalue weighted by molar-refractivity contribution is -0.137. The van der Waals surface area contributed by atoms with E-state index in [1.165, 1.54) is 18.6 Å². The standard InChI is InChI=1S/C19H22FN3O2S/c20-15-2-5-18(6-3-15)25-11-19(24)23-8-14-1-4-17(23)10-22(7-14)9-16-12-26-13-21-16/h2-3,5-6,12-14,17H,1,4,7-11H2/t14-,17+/m0/s1. The van der Waals surface area contributed by atoms with E-state index in [4.69, 9.17) is 4.74 Å². The van der Waals surface area contributed by atoms with Crippen LogP contribution in [0.4, 0.5) is 4.39 Å². The van der Waals surface area contributed by atoms with Crippen molar-refractivity contribution >= 4 is 17.2 Å². The van der Waals surface area contributed by atoms with Gasteiger partial charge in [0, 0.05) is 37.6 Å². The summed E-state index contributed by atoms with van der Waals surface area (Å²) in [6.07, 6.45) is 2.21. The summed E-state index contributed by atoms with van der Waals surface area (Å²) in [4.78, 5) is 21.5. The van der Waals surface area contributed by atoms with E-state index in [9.17, 15) is 9.18 Å². The van der Waals surface area contributed by atoms with E-state index >= 15 is 0 Å². The Morgan fingerprint density at radius 1 is 1.23 bits per heavy atom. The summed E-state index contributed by atoms with van der Waals surface area (Å²) in [5, 5.41) is 2.09. The SMILES string of the molecule is O=C(COc1ccc(F)cc1)N1C[C@H]2CC[C@@H]1CN(Cc1cscn1)C2. The minimum atomic E-state index is -0.311. The van der Waals surface area contributed by atoms with Crippen molar-refractivity contribution in [1.29, 1.82) is 0 Å². The molecule has 0 aliphatic carbocycles. The van der Waals surface area contributed by atoms with Crippen LogP contribution < -0.4 is 4.74 Å². The lowest BCUT2D eigenvalue weighted by Gasteiger charge is -2.36. The molecule has 0 radical (unpaired) electrons. The highest BCUT2D eigenvalue weighted by Crippen LogP contribution is 2.29. The fourth-order valence-electron chi connectivity index (χ4n) is 3.92. The second-order valence-corrected chi connectivity index (χ2v) is 7.78. The Morgan fingerprint density at radius 3 is 2.85 bits per heavy atom. The molecule has 0 spiro atoms. The number of piperidine rings is 1. The number of rotatable bonds is 5. The summed E-state index contributed by atoms with van der Waals surface area (Å²) < 4.78 is 18.5. The summed E-state index contributed by atoms with van der Waals surface area (Å²) in [6, 6.07) is 6.00. The van der Waals surface area contributed by atoms with Crippen molar-refractivity contribution in [2.75, 3.05) is 26.2 Å². The highest BCUT2D eigenvalue weighted by Gasteiger charge is 2.37. The maximum atomic E-state index is 13.0. The number of fused-ring (bicyclic) bond motifs is 4. The molecule has 0 saturated carbocycles. The minimum absolute atomic E-state index is 0.000931. The maximum absolute atomic E-state index is 13.0. The number of ether oxygens (including phenoxy) is 1. The van der Waals surface area contributed by atoms with Gasteiger partial charge in [0.15, 0.2) is 6.61 Å². The molecule has 2 atom stereocenters. The van der Waals surface area contributed by atoms with Crippen LogP contribution in [0.3, 0.4) is 0 Å². The third-order valence-electron chi connectivity index (χ3n) is 5.15. The predicted molar refractivity (Wildman–Crippen MR) is 97.5 cm³/mol. The summed E-state index contributed by atoms with van der Waals surface area (Å²) in [6.45, 7) is 3.54. The Bertz CT molecular complexity index is 738. The summed E-state index contributed by atoms with van der Waals surface area (Å²) in [5.41, 5.74) is 2.97. The molecule has 1 aromatic heterocycles. The van der Waals surface area contributed by atoms with E-state index in [1.807, 2.05) is 10.4 Å². The van der Waals surface area contributed by atoms with Gasteiger partial charge >= 0.3 is 0 Å². The largest absolute Gasteiger partial charge is 0.484 e. The smallest absolute Gasteiger partial charge is 0.260 e. The molecule has 5 rings (SSSR count). The van der Waals surface area contributed by atoms with Crippen LogP contribution in [0.5, 0.6) is 5.75 Å². The third kappa shape index (κ3) is 4.04. The number of carbonyl (C=O) groups is 1. The first-order valence-corrected chi connectivity index (χ1v) is 9.89. The number of benzene rings is 1. The average Bonchev–Trinajstić information content (AvgIpc) is 2.99. The zero-order chi connectivity index (χ0) is 17.9. The first-order valence-electron chi connectivity index (χ1n) is 8.94. The van der Waals surface area contributed by atoms with Crippen LogP contribution in [0.15, 0.2) is 35.2 Å². The predicted octanol–water partition coefficient (Wildman–Crippen LogP) is 2.78. The molecular formula is C19H22FN3O2S. The van der Waals surface area contributed by atoms with E-state index in [-0.39, 0.29) is 24.4 Å². The fourth-order valence-corrected chi connectivity index (χ4v) is 4.47. The zero-order valence-electron chi connectivity index (χ0n) is 14.5. The van der Waals surface area contributed by atoms with Crippen LogP contribution in [0, 0.1) is 11.7 Å². The number of aromatic nitrogens is 1. The van der Waals surface area contributed by atoms with Gasteiger partial charge in [-0.3, -0.25) is 9.69 Å². The molecule has 0 unspecified atom stereocenters. The lowest BCUT2D eigenvalue weighted by Crippen LogP contribution is -2.49. The van der Waals surface area contributed by atoms with Crippen molar-refractivity contribution in [3.8, 4) is 5.75 Å². The van der Waals surface area contributed by atoms with Crippen molar-refractivity contribution in [3.05, 3.63) is 46.7 Å². The highest BCUT2D eigenvalue weighted by molar-refractivity contribution is 7.07. The molecule has 5 nitrogen and oxygen atoms in total. The number of halogens is 1. The summed E-state index contributed by atoms with van der Waals surface area (Å²) in [5.74, 6) is 0.722. The monoisotopic (exact) mass is 375 g/mol. The van der Waals surface area contributed by atoms with Crippen molar-refractivity contribution in [2.24, 2.45) is 5.92 Å². The summed E-state index contributed by atoms with van der Waals surface area (Å²) >= 11 is 1.62. The molecule has 3 saturated heterocycles. The van der Waals surface area contributed by atoms with Crippen molar-refractivity contribution < 1.29 is 13.9 Å². The van der Waals surface area contributed by atoms with Gasteiger partial charge in [-0.25, -0.2) is 9.37 Å². The van der Waals surface area contributed by atoms with Crippen LogP contribution in [0.25, 0.3) is 0 Å². The Morgan fingerprint density at radius 2 is 2.08 bits per heavy atom. The molecule has 0 N–H and O–H groups in total. The molecule has 26 heavy (non-hydrogen) atoms. The second-order valence-electron chi connectivity index (χ2n) is 7.06. The van der Waals surface area contributed by atoms with Gasteiger partial charge < -0.3 is 9.64 Å². The Balaban J connectivity index is 1.36. The highest BCUT2D eigenvalue weighted by atomic mass is 32.1. The van der Waals surface area contributed by atoms with E-state index in [2.05, 4.69) is 15.3 Å². The lowest BCUT2D eigenvalue weighted by atomic mass is 9.95. The number of carbonyl (C=O) groups excluding carboxylic acids is 1. The molecule has 3 aliphatic heterocycles. The zero-order valence-corrected chi connectivity index (χ0v) is 15.3. The fraction of sp³-hybridized carbons (Fsp3) is 0.474. The second kappa shape index (κ2) is 7.72. The molecule has 2 aromatic rings. The van der Waals surface area contributed by atoms with Gasteiger partial charge in [0.2, 0.25) is 0 Å². The Kier molecular flexibility index (Phi) is 5.17. The average molecular weight is 375 g/mol. The number of amides is 1. The van der Waals surface area contributed by atoms with Crippen LogP contribution >= 0.6 is 11.3 Å². The van der Waals surface area contributed by atoms with Gasteiger partial charge in [-0.1, -0.05) is 0 Å². The molecule has 1 amide bonds. The van der Waals surface area contributed by atoms with Gasteiger partial charge in [0.25, 0.3) is 5.91 Å². The van der Waals surface area contributed by atoms with E-state index in [0.717, 1.165) is 38.3 Å². The van der Waals surface area contributed by atoms with Gasteiger partial charge in [-0.15, -0.1) is 11.3 Å². The van der Waals surface area contributed by atoms with Crippen LogP contribution in [-0.2, 0) is 11.3 Å². The van der Waals surface area contributed by atoms with Crippen molar-refractivity contribution in [3.63, 3.8) is 0 Å². The normalized spacial score (nSPS) is 23.0. The molecule has 3 fully saturated rings. The third-order valence-corrected chi connectivity index (χ3v) is 5.79. The van der Waals surface area contributed by atoms with Crippen molar-refractivity contribution in [1.82, 2.24) is 14.8 Å². The number of hydrogen-bond acceptors (Lipinski definition) is 5. The molecule has 3 aliphatic rings. The van der Waals surface area contributed by atoms with Gasteiger partial charge in [-0.05, 0) is 43.0 Å². The first-order chi connectivity index (χ1) is 12.7. The quantitative estimate of drug-likeness (QED) is 0.806. The van der Waals surface area contributed by atoms with Crippen LogP contribution in [0.2, 0.25) is 0 Å². The van der Waals surface area contributed by atoms with E-state index < -0.39 is 0 Å². The molecule has 7 heteroatoms. The van der Waals surface area contributed by atoms with E-state index in [0.29, 0.717) is 11.7 Å². The summed E-state index contributed by atoms with van der Waals surface area (Å²) in [7, 11) is 0.